The summed E-state index contributed by atoms with van der Waals surface area (Å²) in [6.07, 6.45) is -0.675. The third-order valence-electron chi connectivity index (χ3n) is 2.55. The average molecular weight is 257 g/mol. The Balaban J connectivity index is 2.80. The lowest BCUT2D eigenvalue weighted by molar-refractivity contribution is -0.150. The third-order valence-corrected chi connectivity index (χ3v) is 2.55. The number of nitrogens with zero attached hydrogens (tertiary/aromatic N) is 1. The van der Waals surface area contributed by atoms with Crippen LogP contribution in [0.25, 0.3) is 0 Å². The van der Waals surface area contributed by atoms with Gasteiger partial charge in [-0.05, 0) is 34.6 Å². The van der Waals surface area contributed by atoms with E-state index in [0.717, 1.165) is 4.90 Å². The molecule has 0 bridgehead atoms. The molecule has 6 heteroatoms. The minimum atomic E-state index is -1.47. The lowest BCUT2D eigenvalue weighted by Crippen LogP contribution is -2.41. The van der Waals surface area contributed by atoms with Crippen molar-refractivity contribution in [3.05, 3.63) is 0 Å². The Morgan fingerprint density at radius 1 is 1.28 bits per heavy atom. The van der Waals surface area contributed by atoms with Crippen LogP contribution in [-0.4, -0.2) is 47.0 Å². The summed E-state index contributed by atoms with van der Waals surface area (Å²) in [4.78, 5) is 36.2. The summed E-state index contributed by atoms with van der Waals surface area (Å²) in [5.41, 5.74) is -2.14. The van der Waals surface area contributed by atoms with Gasteiger partial charge in [0.1, 0.15) is 5.60 Å². The first kappa shape index (κ1) is 14.5. The molecule has 0 saturated carbocycles. The van der Waals surface area contributed by atoms with Crippen LogP contribution in [0.5, 0.6) is 0 Å². The Hall–Kier alpha value is -1.59. The SMILES string of the molecule is CCOC(=O)C1(C(C)=O)CN1C(=O)OC(C)(C)C. The van der Waals surface area contributed by atoms with Crippen molar-refractivity contribution in [2.45, 2.75) is 45.8 Å². The van der Waals surface area contributed by atoms with Gasteiger partial charge in [0.15, 0.2) is 5.78 Å². The first-order valence-electron chi connectivity index (χ1n) is 5.84. The predicted octanol–water partition coefficient (Wildman–Crippen LogP) is 1.13. The maximum Gasteiger partial charge on any atom is 0.411 e. The van der Waals surface area contributed by atoms with Crippen molar-refractivity contribution in [2.24, 2.45) is 0 Å². The van der Waals surface area contributed by atoms with E-state index >= 15 is 0 Å². The number of rotatable bonds is 3. The summed E-state index contributed by atoms with van der Waals surface area (Å²) in [5, 5.41) is 0. The number of carbonyl (C=O) groups excluding carboxylic acids is 3. The summed E-state index contributed by atoms with van der Waals surface area (Å²) in [6, 6.07) is 0. The Bertz CT molecular complexity index is 384. The molecule has 1 amide bonds. The second kappa shape index (κ2) is 4.59. The monoisotopic (exact) mass is 257 g/mol. The first-order valence-corrected chi connectivity index (χ1v) is 5.84. The molecule has 1 rings (SSSR count). The molecule has 0 N–H and O–H groups in total. The van der Waals surface area contributed by atoms with Gasteiger partial charge in [-0.2, -0.15) is 0 Å². The molecule has 0 aromatic heterocycles. The van der Waals surface area contributed by atoms with Gasteiger partial charge in [-0.15, -0.1) is 0 Å². The van der Waals surface area contributed by atoms with E-state index in [9.17, 15) is 14.4 Å². The van der Waals surface area contributed by atoms with E-state index < -0.39 is 29.0 Å². The fourth-order valence-corrected chi connectivity index (χ4v) is 1.60. The van der Waals surface area contributed by atoms with Gasteiger partial charge in [0.2, 0.25) is 5.54 Å². The Morgan fingerprint density at radius 2 is 1.83 bits per heavy atom. The molecule has 1 heterocycles. The van der Waals surface area contributed by atoms with Crippen LogP contribution in [-0.2, 0) is 19.1 Å². The van der Waals surface area contributed by atoms with Crippen molar-refractivity contribution in [1.82, 2.24) is 4.90 Å². The van der Waals surface area contributed by atoms with Crippen molar-refractivity contribution < 1.29 is 23.9 Å². The number of esters is 1. The molecular formula is C12H19NO5. The molecule has 0 aliphatic carbocycles. The van der Waals surface area contributed by atoms with Gasteiger partial charge in [0.25, 0.3) is 0 Å². The lowest BCUT2D eigenvalue weighted by atomic mass is 10.1. The van der Waals surface area contributed by atoms with Gasteiger partial charge in [-0.25, -0.2) is 9.59 Å². The Kier molecular flexibility index (Phi) is 3.69. The summed E-state index contributed by atoms with van der Waals surface area (Å²) < 4.78 is 9.95. The van der Waals surface area contributed by atoms with Crippen LogP contribution >= 0.6 is 0 Å². The highest BCUT2D eigenvalue weighted by atomic mass is 16.6. The highest BCUT2D eigenvalue weighted by Gasteiger charge is 2.67. The van der Waals surface area contributed by atoms with Crippen LogP contribution in [0.15, 0.2) is 0 Å². The highest BCUT2D eigenvalue weighted by molar-refractivity contribution is 6.14. The normalized spacial score (nSPS) is 22.4. The van der Waals surface area contributed by atoms with Crippen LogP contribution in [0.4, 0.5) is 4.79 Å². The molecule has 0 aromatic carbocycles. The number of amides is 1. The van der Waals surface area contributed by atoms with Gasteiger partial charge in [-0.3, -0.25) is 9.69 Å². The number of ketones is 1. The van der Waals surface area contributed by atoms with E-state index in [1.54, 1.807) is 27.7 Å². The molecule has 6 nitrogen and oxygen atoms in total. The highest BCUT2D eigenvalue weighted by Crippen LogP contribution is 2.36. The smallest absolute Gasteiger partial charge is 0.411 e. The maximum atomic E-state index is 11.8. The molecule has 0 spiro atoms. The molecule has 1 fully saturated rings. The average Bonchev–Trinajstić information content (AvgIpc) is 2.91. The molecule has 102 valence electrons. The number of ether oxygens (including phenoxy) is 2. The van der Waals surface area contributed by atoms with Crippen LogP contribution in [0.2, 0.25) is 0 Å². The predicted molar refractivity (Wildman–Crippen MR) is 63.0 cm³/mol. The topological polar surface area (TPSA) is 72.7 Å². The summed E-state index contributed by atoms with van der Waals surface area (Å²) in [5.74, 6) is -1.10. The van der Waals surface area contributed by atoms with E-state index in [1.165, 1.54) is 6.92 Å². The molecule has 1 aliphatic rings. The number of carbonyl (C=O) groups is 3. The minimum Gasteiger partial charge on any atom is -0.464 e. The molecular weight excluding hydrogens is 238 g/mol. The number of Topliss-reactive ketones (excluding diaryl/α,β-unsaturated/α-hetero) is 1. The zero-order valence-electron chi connectivity index (χ0n) is 11.4. The van der Waals surface area contributed by atoms with Crippen LogP contribution in [0.1, 0.15) is 34.6 Å². The van der Waals surface area contributed by atoms with Crippen LogP contribution in [0.3, 0.4) is 0 Å². The van der Waals surface area contributed by atoms with Crippen molar-refractivity contribution in [2.75, 3.05) is 13.2 Å². The van der Waals surface area contributed by atoms with Gasteiger partial charge in [0, 0.05) is 0 Å². The van der Waals surface area contributed by atoms with Crippen LogP contribution in [0, 0.1) is 0 Å². The zero-order chi connectivity index (χ0) is 14.1. The minimum absolute atomic E-state index is 0.0239. The largest absolute Gasteiger partial charge is 0.464 e. The van der Waals surface area contributed by atoms with E-state index in [1.807, 2.05) is 0 Å². The summed E-state index contributed by atoms with van der Waals surface area (Å²) >= 11 is 0. The van der Waals surface area contributed by atoms with Gasteiger partial charge >= 0.3 is 12.1 Å². The second-order valence-corrected chi connectivity index (χ2v) is 5.20. The Morgan fingerprint density at radius 3 is 2.22 bits per heavy atom. The summed E-state index contributed by atoms with van der Waals surface area (Å²) in [6.45, 7) is 8.25. The molecule has 1 unspecified atom stereocenters. The molecule has 0 aromatic rings. The van der Waals surface area contributed by atoms with Crippen molar-refractivity contribution in [3.8, 4) is 0 Å². The molecule has 0 radical (unpaired) electrons. The van der Waals surface area contributed by atoms with Crippen molar-refractivity contribution in [1.29, 1.82) is 0 Å². The van der Waals surface area contributed by atoms with Gasteiger partial charge in [-0.1, -0.05) is 0 Å². The molecule has 18 heavy (non-hydrogen) atoms. The van der Waals surface area contributed by atoms with E-state index in [-0.39, 0.29) is 13.2 Å². The molecule has 1 aliphatic heterocycles. The quantitative estimate of drug-likeness (QED) is 0.430. The fourth-order valence-electron chi connectivity index (χ4n) is 1.60. The fraction of sp³-hybridized carbons (Fsp3) is 0.750. The zero-order valence-corrected chi connectivity index (χ0v) is 11.4. The van der Waals surface area contributed by atoms with E-state index in [0.29, 0.717) is 0 Å². The lowest BCUT2D eigenvalue weighted by Gasteiger charge is -2.21. The van der Waals surface area contributed by atoms with E-state index in [4.69, 9.17) is 9.47 Å². The third kappa shape index (κ3) is 2.63. The van der Waals surface area contributed by atoms with Gasteiger partial charge in [0.05, 0.1) is 13.2 Å². The maximum absolute atomic E-state index is 11.8. The van der Waals surface area contributed by atoms with Crippen molar-refractivity contribution >= 4 is 17.8 Å². The van der Waals surface area contributed by atoms with E-state index in [2.05, 4.69) is 0 Å². The standard InChI is InChI=1S/C12H19NO5/c1-6-17-9(15)12(8(2)14)7-13(12)10(16)18-11(3,4)5/h6-7H2,1-5H3. The second-order valence-electron chi connectivity index (χ2n) is 5.20. The number of hydrogen-bond acceptors (Lipinski definition) is 5. The molecule has 1 saturated heterocycles. The Labute approximate surface area is 106 Å². The first-order chi connectivity index (χ1) is 8.15. The van der Waals surface area contributed by atoms with Gasteiger partial charge < -0.3 is 9.47 Å². The van der Waals surface area contributed by atoms with Crippen molar-refractivity contribution in [3.63, 3.8) is 0 Å². The van der Waals surface area contributed by atoms with Crippen LogP contribution < -0.4 is 0 Å². The number of hydrogen-bond donors (Lipinski definition) is 0. The summed E-state index contributed by atoms with van der Waals surface area (Å²) in [7, 11) is 0. The molecule has 1 atom stereocenters.